The molecular formula is C10H18N2O6S. The number of rotatable bonds is 6. The fourth-order valence-electron chi connectivity index (χ4n) is 1.88. The van der Waals surface area contributed by atoms with Gasteiger partial charge in [0.15, 0.2) is 0 Å². The Hall–Kier alpha value is -1.19. The Morgan fingerprint density at radius 2 is 1.95 bits per heavy atom. The number of carboxylic acids is 1. The van der Waals surface area contributed by atoms with E-state index in [0.29, 0.717) is 12.8 Å². The molecule has 8 nitrogen and oxygen atoms in total. The van der Waals surface area contributed by atoms with Crippen LogP contribution in [-0.4, -0.2) is 56.5 Å². The first-order chi connectivity index (χ1) is 8.86. The quantitative estimate of drug-likeness (QED) is 0.619. The molecule has 0 aliphatic carbocycles. The highest BCUT2D eigenvalue weighted by atomic mass is 32.2. The highest BCUT2D eigenvalue weighted by Crippen LogP contribution is 2.19. The van der Waals surface area contributed by atoms with Crippen LogP contribution in [0.4, 0.5) is 0 Å². The average molecular weight is 294 g/mol. The second kappa shape index (κ2) is 6.83. The fourth-order valence-corrected chi connectivity index (χ4v) is 3.11. The molecule has 19 heavy (non-hydrogen) atoms. The smallest absolute Gasteiger partial charge is 0.308 e. The van der Waals surface area contributed by atoms with Crippen LogP contribution in [0.5, 0.6) is 0 Å². The summed E-state index contributed by atoms with van der Waals surface area (Å²) < 4.78 is 31.7. The largest absolute Gasteiger partial charge is 0.481 e. The van der Waals surface area contributed by atoms with Gasteiger partial charge in [0.25, 0.3) is 10.2 Å². The van der Waals surface area contributed by atoms with Gasteiger partial charge in [-0.1, -0.05) is 0 Å². The second-order valence-corrected chi connectivity index (χ2v) is 5.99. The van der Waals surface area contributed by atoms with E-state index in [-0.39, 0.29) is 37.9 Å². The molecule has 2 N–H and O–H groups in total. The van der Waals surface area contributed by atoms with Crippen LogP contribution in [0.3, 0.4) is 0 Å². The zero-order valence-corrected chi connectivity index (χ0v) is 11.5. The number of hydrogen-bond acceptors (Lipinski definition) is 5. The van der Waals surface area contributed by atoms with Gasteiger partial charge in [0.2, 0.25) is 0 Å². The molecule has 110 valence electrons. The number of esters is 1. The zero-order chi connectivity index (χ0) is 14.5. The number of ether oxygens (including phenoxy) is 1. The van der Waals surface area contributed by atoms with Gasteiger partial charge in [0.05, 0.1) is 19.4 Å². The Morgan fingerprint density at radius 1 is 1.37 bits per heavy atom. The lowest BCUT2D eigenvalue weighted by Gasteiger charge is -2.29. The highest BCUT2D eigenvalue weighted by Gasteiger charge is 2.31. The first-order valence-electron chi connectivity index (χ1n) is 5.91. The van der Waals surface area contributed by atoms with Crippen molar-refractivity contribution in [2.75, 3.05) is 26.7 Å². The fraction of sp³-hybridized carbons (Fsp3) is 0.800. The third-order valence-corrected chi connectivity index (χ3v) is 4.57. The number of hydrogen-bond donors (Lipinski definition) is 2. The molecule has 0 unspecified atom stereocenters. The standard InChI is InChI=1S/C10H18N2O6S/c1-18-10(15)8-3-6-12(7-4-8)19(16,17)11-5-2-9(13)14/h8,11H,2-7H2,1H3,(H,13,14). The van der Waals surface area contributed by atoms with E-state index in [9.17, 15) is 18.0 Å². The predicted octanol–water partition coefficient (Wildman–Crippen LogP) is -0.819. The molecule has 1 heterocycles. The molecule has 9 heteroatoms. The number of nitrogens with one attached hydrogen (secondary N) is 1. The summed E-state index contributed by atoms with van der Waals surface area (Å²) in [6, 6.07) is 0. The lowest BCUT2D eigenvalue weighted by molar-refractivity contribution is -0.146. The molecule has 1 fully saturated rings. The van der Waals surface area contributed by atoms with Crippen LogP contribution < -0.4 is 4.72 Å². The Morgan fingerprint density at radius 3 is 2.42 bits per heavy atom. The van der Waals surface area contributed by atoms with Gasteiger partial charge in [-0.2, -0.15) is 12.7 Å². The molecule has 0 spiro atoms. The average Bonchev–Trinajstić information content (AvgIpc) is 2.37. The Balaban J connectivity index is 2.45. The molecular weight excluding hydrogens is 276 g/mol. The summed E-state index contributed by atoms with van der Waals surface area (Å²) in [4.78, 5) is 21.6. The molecule has 0 aromatic carbocycles. The first-order valence-corrected chi connectivity index (χ1v) is 7.35. The van der Waals surface area contributed by atoms with Gasteiger partial charge in [-0.05, 0) is 12.8 Å². The minimum absolute atomic E-state index is 0.144. The van der Waals surface area contributed by atoms with Crippen LogP contribution in [0.15, 0.2) is 0 Å². The molecule has 0 aromatic rings. The predicted molar refractivity (Wildman–Crippen MR) is 65.5 cm³/mol. The minimum atomic E-state index is -3.67. The normalized spacial score (nSPS) is 18.2. The summed E-state index contributed by atoms with van der Waals surface area (Å²) in [7, 11) is -2.36. The summed E-state index contributed by atoms with van der Waals surface area (Å²) in [6.45, 7) is 0.305. The van der Waals surface area contributed by atoms with E-state index in [1.165, 1.54) is 11.4 Å². The van der Waals surface area contributed by atoms with Crippen molar-refractivity contribution in [1.29, 1.82) is 0 Å². The molecule has 1 rings (SSSR count). The van der Waals surface area contributed by atoms with Gasteiger partial charge in [0.1, 0.15) is 0 Å². The van der Waals surface area contributed by atoms with Crippen LogP contribution in [-0.2, 0) is 24.5 Å². The molecule has 1 saturated heterocycles. The van der Waals surface area contributed by atoms with E-state index in [4.69, 9.17) is 5.11 Å². The van der Waals surface area contributed by atoms with Crippen molar-refractivity contribution in [2.45, 2.75) is 19.3 Å². The van der Waals surface area contributed by atoms with Crippen LogP contribution >= 0.6 is 0 Å². The van der Waals surface area contributed by atoms with E-state index in [2.05, 4.69) is 9.46 Å². The van der Waals surface area contributed by atoms with Crippen molar-refractivity contribution in [1.82, 2.24) is 9.03 Å². The molecule has 1 aliphatic rings. The minimum Gasteiger partial charge on any atom is -0.481 e. The molecule has 0 aromatic heterocycles. The number of carbonyl (C=O) groups excluding carboxylic acids is 1. The Kier molecular flexibility index (Phi) is 5.70. The first kappa shape index (κ1) is 15.9. The van der Waals surface area contributed by atoms with E-state index in [0.717, 1.165) is 0 Å². The third-order valence-electron chi connectivity index (χ3n) is 2.95. The lowest BCUT2D eigenvalue weighted by atomic mass is 9.99. The summed E-state index contributed by atoms with van der Waals surface area (Å²) in [5.41, 5.74) is 0. The second-order valence-electron chi connectivity index (χ2n) is 4.24. The number of methoxy groups -OCH3 is 1. The molecule has 1 aliphatic heterocycles. The third kappa shape index (κ3) is 4.77. The maximum Gasteiger partial charge on any atom is 0.308 e. The monoisotopic (exact) mass is 294 g/mol. The summed E-state index contributed by atoms with van der Waals surface area (Å²) in [5.74, 6) is -1.65. The van der Waals surface area contributed by atoms with Crippen LogP contribution in [0.2, 0.25) is 0 Å². The van der Waals surface area contributed by atoms with Gasteiger partial charge >= 0.3 is 11.9 Å². The highest BCUT2D eigenvalue weighted by molar-refractivity contribution is 7.87. The van der Waals surface area contributed by atoms with Crippen LogP contribution in [0, 0.1) is 5.92 Å². The van der Waals surface area contributed by atoms with Gasteiger partial charge in [-0.25, -0.2) is 4.72 Å². The van der Waals surface area contributed by atoms with Crippen LogP contribution in [0.25, 0.3) is 0 Å². The van der Waals surface area contributed by atoms with Crippen molar-refractivity contribution in [3.05, 3.63) is 0 Å². The molecule has 0 radical (unpaired) electrons. The lowest BCUT2D eigenvalue weighted by Crippen LogP contribution is -2.46. The van der Waals surface area contributed by atoms with Crippen LogP contribution in [0.1, 0.15) is 19.3 Å². The van der Waals surface area contributed by atoms with Gasteiger partial charge in [-0.15, -0.1) is 0 Å². The van der Waals surface area contributed by atoms with E-state index < -0.39 is 16.2 Å². The topological polar surface area (TPSA) is 113 Å². The van der Waals surface area contributed by atoms with Gasteiger partial charge in [-0.3, -0.25) is 9.59 Å². The summed E-state index contributed by atoms with van der Waals surface area (Å²) >= 11 is 0. The number of carbonyl (C=O) groups is 2. The summed E-state index contributed by atoms with van der Waals surface area (Å²) in [5, 5.41) is 8.44. The number of nitrogens with zero attached hydrogens (tertiary/aromatic N) is 1. The maximum absolute atomic E-state index is 11.8. The van der Waals surface area contributed by atoms with Crippen molar-refractivity contribution in [3.8, 4) is 0 Å². The van der Waals surface area contributed by atoms with Crippen molar-refractivity contribution in [2.24, 2.45) is 5.92 Å². The summed E-state index contributed by atoms with van der Waals surface area (Å²) in [6.07, 6.45) is 0.552. The van der Waals surface area contributed by atoms with Gasteiger partial charge < -0.3 is 9.84 Å². The van der Waals surface area contributed by atoms with Crippen molar-refractivity contribution < 1.29 is 27.9 Å². The SMILES string of the molecule is COC(=O)C1CCN(S(=O)(=O)NCCC(=O)O)CC1. The number of aliphatic carboxylic acids is 1. The van der Waals surface area contributed by atoms with Crippen molar-refractivity contribution in [3.63, 3.8) is 0 Å². The maximum atomic E-state index is 11.8. The molecule has 0 saturated carbocycles. The molecule has 0 bridgehead atoms. The Labute approximate surface area is 111 Å². The zero-order valence-electron chi connectivity index (χ0n) is 10.7. The van der Waals surface area contributed by atoms with E-state index in [1.807, 2.05) is 0 Å². The Bertz CT molecular complexity index is 427. The van der Waals surface area contributed by atoms with E-state index in [1.54, 1.807) is 0 Å². The number of piperidine rings is 1. The number of carboxylic acid groups (broad SMARTS) is 1. The molecule has 0 atom stereocenters. The van der Waals surface area contributed by atoms with E-state index >= 15 is 0 Å². The van der Waals surface area contributed by atoms with Gasteiger partial charge in [0, 0.05) is 19.6 Å². The molecule has 0 amide bonds. The van der Waals surface area contributed by atoms with Crippen molar-refractivity contribution >= 4 is 22.1 Å².